The molecule has 0 saturated carbocycles. The molecular weight excluding hydrogens is 1020 g/mol. The highest BCUT2D eigenvalue weighted by atomic mass is 28.3. The first-order chi connectivity index (χ1) is 39.2. The summed E-state index contributed by atoms with van der Waals surface area (Å²) in [6.45, 7) is 9.61. The van der Waals surface area contributed by atoms with Gasteiger partial charge in [0.25, 0.3) is 0 Å². The SMILES string of the molecule is COc1ccc(CO[C@H]2[C@@H](OCc3ccccc3)[C@@H](CO[C@@H]3O[C@H](COCc4ccccc4)[C@H](OCc4ccccc4)[C@H](OCc4ccccc4)[C@H]3OCc3ccccc3)O[C@@H](OCC[Si](C)(C)C)[C@@H]2OCc2ccccc2)cc1. The number of rotatable bonds is 30. The van der Waals surface area contributed by atoms with Crippen molar-refractivity contribution in [3.63, 3.8) is 0 Å². The van der Waals surface area contributed by atoms with Gasteiger partial charge in [0.15, 0.2) is 12.6 Å². The highest BCUT2D eigenvalue weighted by molar-refractivity contribution is 6.76. The molecule has 2 fully saturated rings. The van der Waals surface area contributed by atoms with Gasteiger partial charge in [-0.2, -0.15) is 0 Å². The molecule has 422 valence electrons. The molecule has 0 radical (unpaired) electrons. The summed E-state index contributed by atoms with van der Waals surface area (Å²) in [4.78, 5) is 0. The van der Waals surface area contributed by atoms with Gasteiger partial charge in [0.1, 0.15) is 54.6 Å². The lowest BCUT2D eigenvalue weighted by atomic mass is 9.96. The molecule has 10 atom stereocenters. The molecule has 0 N–H and O–H groups in total. The molecule has 13 heteroatoms. The summed E-state index contributed by atoms with van der Waals surface area (Å²) in [5.74, 6) is 0.754. The predicted molar refractivity (Wildman–Crippen MR) is 310 cm³/mol. The Morgan fingerprint density at radius 2 is 0.637 bits per heavy atom. The Bertz CT molecular complexity index is 2780. The molecule has 0 bridgehead atoms. The lowest BCUT2D eigenvalue weighted by Crippen LogP contribution is -2.64. The van der Waals surface area contributed by atoms with Gasteiger partial charge in [-0.1, -0.05) is 214 Å². The van der Waals surface area contributed by atoms with Crippen molar-refractivity contribution in [1.82, 2.24) is 0 Å². The zero-order valence-electron chi connectivity index (χ0n) is 46.6. The lowest BCUT2D eigenvalue weighted by molar-refractivity contribution is -0.353. The molecule has 0 unspecified atom stereocenters. The van der Waals surface area contributed by atoms with Gasteiger partial charge in [0, 0.05) is 14.7 Å². The average Bonchev–Trinajstić information content (AvgIpc) is 3.50. The smallest absolute Gasteiger partial charge is 0.187 e. The average molecular weight is 1100 g/mol. The summed E-state index contributed by atoms with van der Waals surface area (Å²) in [7, 11) is 0.105. The van der Waals surface area contributed by atoms with Crippen LogP contribution in [0.25, 0.3) is 0 Å². The van der Waals surface area contributed by atoms with Crippen molar-refractivity contribution in [3.05, 3.63) is 245 Å². The summed E-state index contributed by atoms with van der Waals surface area (Å²) >= 11 is 0. The van der Waals surface area contributed by atoms with Crippen molar-refractivity contribution in [2.75, 3.05) is 26.9 Å². The molecule has 0 amide bonds. The van der Waals surface area contributed by atoms with E-state index in [1.165, 1.54) is 0 Å². The third kappa shape index (κ3) is 18.1. The van der Waals surface area contributed by atoms with Crippen LogP contribution in [0.4, 0.5) is 0 Å². The standard InChI is InChI=1S/C67H78O12Si/c1-68-57-37-35-56(36-38-57)47-74-63-61(72-43-52-27-15-7-16-28-52)59(79-66(70-39-40-80(2,3)4)64(63)75-45-54-31-19-9-20-32-54)49-77-67-65(76-46-55-33-21-10-22-34-55)62(73-44-53-29-17-8-18-30-53)60(71-42-51-25-13-6-14-26-51)58(78-67)48-69-41-50-23-11-5-12-24-50/h5-38,58-67H,39-49H2,1-4H3/t58-,59-,60+,61+,62+,63+,64-,65-,66-,67-/m1/s1. The minimum absolute atomic E-state index is 0.0183. The normalized spacial score (nSPS) is 23.1. The van der Waals surface area contributed by atoms with E-state index in [9.17, 15) is 0 Å². The quantitative estimate of drug-likeness (QED) is 0.0400. The number of ether oxygens (including phenoxy) is 12. The van der Waals surface area contributed by atoms with Gasteiger partial charge in [-0.15, -0.1) is 0 Å². The first-order valence-corrected chi connectivity index (χ1v) is 31.6. The van der Waals surface area contributed by atoms with Crippen molar-refractivity contribution in [1.29, 1.82) is 0 Å². The maximum absolute atomic E-state index is 7.20. The van der Waals surface area contributed by atoms with Crippen LogP contribution in [-0.4, -0.2) is 96.4 Å². The molecule has 2 aliphatic heterocycles. The highest BCUT2D eigenvalue weighted by Crippen LogP contribution is 2.36. The fourth-order valence-corrected chi connectivity index (χ4v) is 10.4. The van der Waals surface area contributed by atoms with Crippen LogP contribution in [0.3, 0.4) is 0 Å². The van der Waals surface area contributed by atoms with E-state index in [2.05, 4.69) is 31.8 Å². The molecule has 9 rings (SSSR count). The van der Waals surface area contributed by atoms with Gasteiger partial charge in [-0.25, -0.2) is 0 Å². The van der Waals surface area contributed by atoms with E-state index < -0.39 is 69.5 Å². The molecular formula is C67H78O12Si. The van der Waals surface area contributed by atoms with E-state index >= 15 is 0 Å². The van der Waals surface area contributed by atoms with E-state index in [4.69, 9.17) is 56.8 Å². The molecule has 2 aliphatic rings. The van der Waals surface area contributed by atoms with E-state index in [-0.39, 0.29) is 39.6 Å². The van der Waals surface area contributed by atoms with Crippen LogP contribution in [0.2, 0.25) is 25.7 Å². The van der Waals surface area contributed by atoms with Gasteiger partial charge in [0.2, 0.25) is 0 Å². The van der Waals surface area contributed by atoms with Gasteiger partial charge in [0.05, 0.1) is 66.6 Å². The van der Waals surface area contributed by atoms with Crippen LogP contribution in [0.15, 0.2) is 206 Å². The van der Waals surface area contributed by atoms with E-state index in [1.807, 2.05) is 194 Å². The van der Waals surface area contributed by atoms with Gasteiger partial charge < -0.3 is 56.8 Å². The first-order valence-electron chi connectivity index (χ1n) is 27.9. The molecule has 0 aromatic heterocycles. The molecule has 12 nitrogen and oxygen atoms in total. The monoisotopic (exact) mass is 1100 g/mol. The van der Waals surface area contributed by atoms with Crippen molar-refractivity contribution >= 4 is 8.07 Å². The maximum atomic E-state index is 7.20. The van der Waals surface area contributed by atoms with E-state index in [0.29, 0.717) is 26.4 Å². The summed E-state index contributed by atoms with van der Waals surface area (Å²) in [6, 6.07) is 69.4. The molecule has 7 aromatic carbocycles. The second-order valence-corrected chi connectivity index (χ2v) is 27.2. The fourth-order valence-electron chi connectivity index (χ4n) is 9.71. The second-order valence-electron chi connectivity index (χ2n) is 21.5. The van der Waals surface area contributed by atoms with Gasteiger partial charge in [-0.3, -0.25) is 0 Å². The zero-order chi connectivity index (χ0) is 55.2. The predicted octanol–water partition coefficient (Wildman–Crippen LogP) is 12.5. The van der Waals surface area contributed by atoms with Crippen LogP contribution in [-0.2, 0) is 98.4 Å². The van der Waals surface area contributed by atoms with Crippen molar-refractivity contribution in [2.24, 2.45) is 0 Å². The number of methoxy groups -OCH3 is 1. The minimum Gasteiger partial charge on any atom is -0.497 e. The number of hydrogen-bond donors (Lipinski definition) is 0. The van der Waals surface area contributed by atoms with Crippen LogP contribution in [0.5, 0.6) is 5.75 Å². The summed E-state index contributed by atoms with van der Waals surface area (Å²) in [6.07, 6.45) is -7.68. The third-order valence-corrected chi connectivity index (χ3v) is 15.9. The Morgan fingerprint density at radius 3 is 1.00 bits per heavy atom. The summed E-state index contributed by atoms with van der Waals surface area (Å²) in [5.41, 5.74) is 6.95. The van der Waals surface area contributed by atoms with Crippen LogP contribution in [0, 0.1) is 0 Å². The summed E-state index contributed by atoms with van der Waals surface area (Å²) < 4.78 is 82.7. The van der Waals surface area contributed by atoms with E-state index in [0.717, 1.165) is 50.7 Å². The molecule has 7 aromatic rings. The fraction of sp³-hybridized carbons (Fsp3) is 0.373. The first kappa shape index (κ1) is 58.8. The Hall–Kier alpha value is -5.88. The van der Waals surface area contributed by atoms with Crippen molar-refractivity contribution in [3.8, 4) is 5.75 Å². The minimum atomic E-state index is -1.56. The lowest BCUT2D eigenvalue weighted by Gasteiger charge is -2.48. The van der Waals surface area contributed by atoms with Crippen LogP contribution in [0.1, 0.15) is 38.9 Å². The number of hydrogen-bond acceptors (Lipinski definition) is 12. The van der Waals surface area contributed by atoms with Crippen molar-refractivity contribution < 1.29 is 56.8 Å². The topological polar surface area (TPSA) is 111 Å². The highest BCUT2D eigenvalue weighted by Gasteiger charge is 2.52. The van der Waals surface area contributed by atoms with Crippen molar-refractivity contribution in [2.45, 2.75) is 133 Å². The van der Waals surface area contributed by atoms with Gasteiger partial charge in [-0.05, 0) is 57.1 Å². The van der Waals surface area contributed by atoms with Crippen LogP contribution < -0.4 is 4.74 Å². The summed E-state index contributed by atoms with van der Waals surface area (Å²) in [5, 5.41) is 0. The molecule has 80 heavy (non-hydrogen) atoms. The third-order valence-electron chi connectivity index (χ3n) is 14.2. The largest absolute Gasteiger partial charge is 0.497 e. The van der Waals surface area contributed by atoms with E-state index in [1.54, 1.807) is 7.11 Å². The molecule has 2 saturated heterocycles. The molecule has 0 spiro atoms. The second kappa shape index (κ2) is 30.8. The Balaban J connectivity index is 1.08. The molecule has 2 heterocycles. The van der Waals surface area contributed by atoms with Crippen LogP contribution >= 0.6 is 0 Å². The number of benzene rings is 7. The Labute approximate surface area is 474 Å². The van der Waals surface area contributed by atoms with Gasteiger partial charge >= 0.3 is 0 Å². The Kier molecular flexibility index (Phi) is 22.6. The Morgan fingerprint density at radius 1 is 0.325 bits per heavy atom. The maximum Gasteiger partial charge on any atom is 0.187 e. The molecule has 0 aliphatic carbocycles. The zero-order valence-corrected chi connectivity index (χ0v) is 47.6.